The van der Waals surface area contributed by atoms with E-state index >= 15 is 0 Å². The number of carbonyl (C=O) groups is 1. The number of nitrogens with zero attached hydrogens (tertiary/aromatic N) is 3. The van der Waals surface area contributed by atoms with Gasteiger partial charge in [0.1, 0.15) is 11.8 Å². The van der Waals surface area contributed by atoms with Crippen LogP contribution in [0.4, 0.5) is 5.69 Å². The molecule has 8 heteroatoms. The summed E-state index contributed by atoms with van der Waals surface area (Å²) < 4.78 is 6.40. The summed E-state index contributed by atoms with van der Waals surface area (Å²) in [5.74, 6) is -0.749. The molecule has 148 valence electrons. The van der Waals surface area contributed by atoms with Crippen LogP contribution in [0.2, 0.25) is 0 Å². The molecule has 0 aliphatic heterocycles. The van der Waals surface area contributed by atoms with Crippen molar-refractivity contribution < 1.29 is 19.6 Å². The second kappa shape index (κ2) is 8.49. The Balaban J connectivity index is 2.17. The molecule has 1 aromatic heterocycles. The van der Waals surface area contributed by atoms with Crippen LogP contribution in [-0.2, 0) is 9.53 Å². The lowest BCUT2D eigenvalue weighted by Crippen LogP contribution is -2.14. The SMILES string of the molecule is C=C(C(=O)OCC)C(O)c1cn(-c2ccccc2)nc1-c1ccccc1[N+](=O)[O-]. The Hall–Kier alpha value is -3.78. The van der Waals surface area contributed by atoms with Crippen molar-refractivity contribution in [3.05, 3.63) is 88.6 Å². The number of nitro groups is 1. The summed E-state index contributed by atoms with van der Waals surface area (Å²) >= 11 is 0. The monoisotopic (exact) mass is 393 g/mol. The zero-order valence-corrected chi connectivity index (χ0v) is 15.7. The van der Waals surface area contributed by atoms with E-state index in [1.54, 1.807) is 37.3 Å². The molecule has 0 amide bonds. The zero-order chi connectivity index (χ0) is 21.0. The predicted octanol–water partition coefficient (Wildman–Crippen LogP) is 3.60. The van der Waals surface area contributed by atoms with Crippen LogP contribution >= 0.6 is 0 Å². The van der Waals surface area contributed by atoms with Gasteiger partial charge in [-0.05, 0) is 25.1 Å². The van der Waals surface area contributed by atoms with Gasteiger partial charge in [0.15, 0.2) is 0 Å². The van der Waals surface area contributed by atoms with E-state index in [1.165, 1.54) is 16.9 Å². The third-order valence-electron chi connectivity index (χ3n) is 4.28. The molecule has 0 saturated heterocycles. The van der Waals surface area contributed by atoms with Crippen molar-refractivity contribution in [1.82, 2.24) is 9.78 Å². The van der Waals surface area contributed by atoms with Gasteiger partial charge in [0.05, 0.1) is 28.4 Å². The number of aliphatic hydroxyl groups is 1. The van der Waals surface area contributed by atoms with Gasteiger partial charge in [-0.15, -0.1) is 0 Å². The fraction of sp³-hybridized carbons (Fsp3) is 0.143. The van der Waals surface area contributed by atoms with E-state index in [4.69, 9.17) is 4.74 Å². The van der Waals surface area contributed by atoms with Crippen molar-refractivity contribution in [3.63, 3.8) is 0 Å². The smallest absolute Gasteiger partial charge is 0.336 e. The first kappa shape index (κ1) is 20.0. The number of hydrogen-bond donors (Lipinski definition) is 1. The van der Waals surface area contributed by atoms with Crippen molar-refractivity contribution in [2.24, 2.45) is 0 Å². The third-order valence-corrected chi connectivity index (χ3v) is 4.28. The van der Waals surface area contributed by atoms with Crippen LogP contribution in [0.15, 0.2) is 72.9 Å². The fourth-order valence-electron chi connectivity index (χ4n) is 2.87. The average Bonchev–Trinajstić information content (AvgIpc) is 3.18. The van der Waals surface area contributed by atoms with Crippen LogP contribution in [0.5, 0.6) is 0 Å². The first-order chi connectivity index (χ1) is 13.9. The van der Waals surface area contributed by atoms with Gasteiger partial charge in [0.25, 0.3) is 5.69 Å². The predicted molar refractivity (Wildman–Crippen MR) is 106 cm³/mol. The number of aliphatic hydroxyl groups excluding tert-OH is 1. The van der Waals surface area contributed by atoms with E-state index in [1.807, 2.05) is 18.2 Å². The highest BCUT2D eigenvalue weighted by Gasteiger charge is 2.28. The molecule has 0 spiro atoms. The van der Waals surface area contributed by atoms with Gasteiger partial charge in [0.2, 0.25) is 0 Å². The summed E-state index contributed by atoms with van der Waals surface area (Å²) in [4.78, 5) is 23.0. The van der Waals surface area contributed by atoms with Gasteiger partial charge in [-0.1, -0.05) is 36.9 Å². The Morgan fingerprint density at radius 2 is 1.90 bits per heavy atom. The molecule has 1 unspecified atom stereocenters. The van der Waals surface area contributed by atoms with Crippen LogP contribution in [0.1, 0.15) is 18.6 Å². The van der Waals surface area contributed by atoms with E-state index < -0.39 is 17.0 Å². The van der Waals surface area contributed by atoms with E-state index in [2.05, 4.69) is 11.7 Å². The maximum absolute atomic E-state index is 12.0. The molecule has 29 heavy (non-hydrogen) atoms. The summed E-state index contributed by atoms with van der Waals surface area (Å²) in [7, 11) is 0. The Morgan fingerprint density at radius 1 is 1.24 bits per heavy atom. The summed E-state index contributed by atoms with van der Waals surface area (Å²) in [6, 6.07) is 15.1. The van der Waals surface area contributed by atoms with Crippen molar-refractivity contribution in [1.29, 1.82) is 0 Å². The number of carbonyl (C=O) groups excluding carboxylic acids is 1. The number of nitro benzene ring substituents is 1. The molecule has 1 N–H and O–H groups in total. The number of esters is 1. The normalized spacial score (nSPS) is 11.7. The summed E-state index contributed by atoms with van der Waals surface area (Å²) in [6.45, 7) is 5.40. The highest BCUT2D eigenvalue weighted by molar-refractivity contribution is 5.89. The van der Waals surface area contributed by atoms with Gasteiger partial charge >= 0.3 is 5.97 Å². The Bertz CT molecular complexity index is 1060. The molecule has 0 aliphatic carbocycles. The highest BCUT2D eigenvalue weighted by Crippen LogP contribution is 2.36. The minimum Gasteiger partial charge on any atom is -0.463 e. The molecule has 0 bridgehead atoms. The molecule has 0 aliphatic rings. The highest BCUT2D eigenvalue weighted by atomic mass is 16.6. The van der Waals surface area contributed by atoms with Crippen molar-refractivity contribution in [2.75, 3.05) is 6.61 Å². The van der Waals surface area contributed by atoms with Crippen LogP contribution in [0, 0.1) is 10.1 Å². The van der Waals surface area contributed by atoms with Gasteiger partial charge in [-0.2, -0.15) is 5.10 Å². The lowest BCUT2D eigenvalue weighted by Gasteiger charge is -2.13. The minimum atomic E-state index is -1.44. The number of ether oxygens (including phenoxy) is 1. The molecule has 1 heterocycles. The van der Waals surface area contributed by atoms with Crippen LogP contribution in [-0.4, -0.2) is 32.4 Å². The Kier molecular flexibility index (Phi) is 5.85. The summed E-state index contributed by atoms with van der Waals surface area (Å²) in [5, 5.41) is 26.8. The summed E-state index contributed by atoms with van der Waals surface area (Å²) in [5.41, 5.74) is 0.950. The molecule has 3 rings (SSSR count). The molecule has 3 aromatic rings. The first-order valence-corrected chi connectivity index (χ1v) is 8.86. The van der Waals surface area contributed by atoms with E-state index in [-0.39, 0.29) is 34.7 Å². The lowest BCUT2D eigenvalue weighted by molar-refractivity contribution is -0.384. The molecule has 1 atom stereocenters. The molecule has 0 saturated carbocycles. The topological polar surface area (TPSA) is 107 Å². The molecule has 0 radical (unpaired) electrons. The zero-order valence-electron chi connectivity index (χ0n) is 15.7. The number of rotatable bonds is 7. The Labute approximate surface area is 166 Å². The van der Waals surface area contributed by atoms with Gasteiger partial charge in [-0.25, -0.2) is 9.48 Å². The molecular weight excluding hydrogens is 374 g/mol. The van der Waals surface area contributed by atoms with E-state index in [0.29, 0.717) is 5.69 Å². The van der Waals surface area contributed by atoms with Gasteiger partial charge in [0, 0.05) is 17.8 Å². The average molecular weight is 393 g/mol. The van der Waals surface area contributed by atoms with Crippen LogP contribution in [0.3, 0.4) is 0 Å². The van der Waals surface area contributed by atoms with Crippen molar-refractivity contribution >= 4 is 11.7 Å². The molecular formula is C21H19N3O5. The van der Waals surface area contributed by atoms with Crippen LogP contribution < -0.4 is 0 Å². The fourth-order valence-corrected chi connectivity index (χ4v) is 2.87. The van der Waals surface area contributed by atoms with Crippen molar-refractivity contribution in [3.8, 4) is 16.9 Å². The van der Waals surface area contributed by atoms with Crippen molar-refractivity contribution in [2.45, 2.75) is 13.0 Å². The number of aromatic nitrogens is 2. The van der Waals surface area contributed by atoms with Crippen LogP contribution in [0.25, 0.3) is 16.9 Å². The quantitative estimate of drug-likeness (QED) is 0.284. The summed E-state index contributed by atoms with van der Waals surface area (Å²) in [6.07, 6.45) is 0.0811. The molecule has 8 nitrogen and oxygen atoms in total. The number of hydrogen-bond acceptors (Lipinski definition) is 6. The molecule has 2 aromatic carbocycles. The second-order valence-electron chi connectivity index (χ2n) is 6.14. The minimum absolute atomic E-state index is 0.130. The lowest BCUT2D eigenvalue weighted by atomic mass is 9.99. The van der Waals surface area contributed by atoms with Gasteiger partial charge < -0.3 is 9.84 Å². The van der Waals surface area contributed by atoms with E-state index in [9.17, 15) is 20.0 Å². The second-order valence-corrected chi connectivity index (χ2v) is 6.14. The Morgan fingerprint density at radius 3 is 2.55 bits per heavy atom. The first-order valence-electron chi connectivity index (χ1n) is 8.86. The third kappa shape index (κ3) is 4.07. The van der Waals surface area contributed by atoms with Gasteiger partial charge in [-0.3, -0.25) is 10.1 Å². The maximum atomic E-state index is 12.0. The largest absolute Gasteiger partial charge is 0.463 e. The number of benzene rings is 2. The molecule has 0 fully saturated rings. The standard InChI is InChI=1S/C21H19N3O5/c1-3-29-21(26)14(2)20(25)17-13-23(15-9-5-4-6-10-15)22-19(17)16-11-7-8-12-18(16)24(27)28/h4-13,20,25H,2-3H2,1H3. The maximum Gasteiger partial charge on any atom is 0.336 e. The number of para-hydroxylation sites is 2. The van der Waals surface area contributed by atoms with E-state index in [0.717, 1.165) is 0 Å².